The molecule has 5 heteroatoms. The molecular weight excluding hydrogens is 783 g/mol. The SMILES string of the molecule is CCCCCCCCOc1ccc(-c2ccc(-c3ccc4c5ccc(-c6ccc(-c7ccc(OCCCCCCCC)cc7)s6)cc5n(CCCCCCCC)c4c3)s2)cc1. The van der Waals surface area contributed by atoms with Crippen LogP contribution in [0.5, 0.6) is 11.5 Å². The summed E-state index contributed by atoms with van der Waals surface area (Å²) in [5.74, 6) is 1.93. The van der Waals surface area contributed by atoms with E-state index in [9.17, 15) is 0 Å². The van der Waals surface area contributed by atoms with Crippen molar-refractivity contribution in [2.75, 3.05) is 13.2 Å². The van der Waals surface area contributed by atoms with Gasteiger partial charge in [0, 0.05) is 47.9 Å². The van der Waals surface area contributed by atoms with E-state index in [4.69, 9.17) is 9.47 Å². The summed E-state index contributed by atoms with van der Waals surface area (Å²) in [6.45, 7) is 9.47. The third-order valence-electron chi connectivity index (χ3n) is 12.2. The Labute approximate surface area is 375 Å². The summed E-state index contributed by atoms with van der Waals surface area (Å²) in [6, 6.07) is 40.8. The highest BCUT2D eigenvalue weighted by molar-refractivity contribution is 7.19. The number of thiophene rings is 2. The number of aromatic nitrogens is 1. The second-order valence-corrected chi connectivity index (χ2v) is 19.2. The zero-order valence-corrected chi connectivity index (χ0v) is 39.0. The Morgan fingerprint density at radius 2 is 0.705 bits per heavy atom. The molecule has 0 saturated heterocycles. The van der Waals surface area contributed by atoms with Crippen molar-refractivity contribution in [3.63, 3.8) is 0 Å². The van der Waals surface area contributed by atoms with Crippen molar-refractivity contribution in [3.05, 3.63) is 109 Å². The first-order chi connectivity index (χ1) is 30.1. The molecule has 0 atom stereocenters. The maximum Gasteiger partial charge on any atom is 0.119 e. The van der Waals surface area contributed by atoms with Gasteiger partial charge in [0.1, 0.15) is 11.5 Å². The third-order valence-corrected chi connectivity index (χ3v) is 14.6. The number of rotatable bonds is 27. The molecule has 0 bridgehead atoms. The number of ether oxygens (including phenoxy) is 2. The van der Waals surface area contributed by atoms with Crippen LogP contribution in [0.15, 0.2) is 109 Å². The lowest BCUT2D eigenvalue weighted by Gasteiger charge is -2.09. The molecule has 3 nitrogen and oxygen atoms in total. The Bertz CT molecular complexity index is 2190. The molecule has 0 N–H and O–H groups in total. The van der Waals surface area contributed by atoms with Gasteiger partial charge in [-0.05, 0) is 126 Å². The van der Waals surface area contributed by atoms with Gasteiger partial charge in [0.25, 0.3) is 0 Å². The second-order valence-electron chi connectivity index (χ2n) is 17.0. The molecule has 7 rings (SSSR count). The zero-order chi connectivity index (χ0) is 42.1. The van der Waals surface area contributed by atoms with Gasteiger partial charge in [0.2, 0.25) is 0 Å². The van der Waals surface area contributed by atoms with Crippen molar-refractivity contribution in [1.29, 1.82) is 0 Å². The number of fused-ring (bicyclic) bond motifs is 3. The van der Waals surface area contributed by atoms with Gasteiger partial charge < -0.3 is 14.0 Å². The number of nitrogens with zero attached hydrogens (tertiary/aromatic N) is 1. The summed E-state index contributed by atoms with van der Waals surface area (Å²) in [7, 11) is 0. The lowest BCUT2D eigenvalue weighted by atomic mass is 10.1. The first kappa shape index (κ1) is 44.7. The van der Waals surface area contributed by atoms with Crippen LogP contribution in [0.25, 0.3) is 63.6 Å². The first-order valence-corrected chi connectivity index (χ1v) is 25.5. The maximum atomic E-state index is 6.08. The lowest BCUT2D eigenvalue weighted by molar-refractivity contribution is 0.304. The molecule has 3 heterocycles. The monoisotopic (exact) mass is 851 g/mol. The maximum absolute atomic E-state index is 6.08. The molecule has 0 unspecified atom stereocenters. The molecule has 0 fully saturated rings. The number of aryl methyl sites for hydroxylation is 1. The minimum Gasteiger partial charge on any atom is -0.494 e. The van der Waals surface area contributed by atoms with Crippen LogP contribution in [-0.4, -0.2) is 17.8 Å². The van der Waals surface area contributed by atoms with E-state index in [0.29, 0.717) is 0 Å². The fourth-order valence-corrected chi connectivity index (χ4v) is 10.6. The molecule has 3 aromatic heterocycles. The normalized spacial score (nSPS) is 11.6. The van der Waals surface area contributed by atoms with Crippen LogP contribution in [0.2, 0.25) is 0 Å². The molecule has 0 radical (unpaired) electrons. The summed E-state index contributed by atoms with van der Waals surface area (Å²) in [5.41, 5.74) is 7.75. The van der Waals surface area contributed by atoms with E-state index >= 15 is 0 Å². The molecule has 61 heavy (non-hydrogen) atoms. The summed E-state index contributed by atoms with van der Waals surface area (Å²) in [4.78, 5) is 5.19. The van der Waals surface area contributed by atoms with Gasteiger partial charge in [0.15, 0.2) is 0 Å². The van der Waals surface area contributed by atoms with Crippen LogP contribution >= 0.6 is 22.7 Å². The Kier molecular flexibility index (Phi) is 17.4. The number of unbranched alkanes of at least 4 members (excludes halogenated alkanes) is 15. The summed E-state index contributed by atoms with van der Waals surface area (Å²) < 4.78 is 14.8. The van der Waals surface area contributed by atoms with Crippen LogP contribution in [0.4, 0.5) is 0 Å². The van der Waals surface area contributed by atoms with Crippen molar-refractivity contribution >= 4 is 44.5 Å². The predicted molar refractivity (Wildman–Crippen MR) is 268 cm³/mol. The van der Waals surface area contributed by atoms with Gasteiger partial charge in [0.05, 0.1) is 13.2 Å². The van der Waals surface area contributed by atoms with E-state index in [1.165, 1.54) is 166 Å². The van der Waals surface area contributed by atoms with Gasteiger partial charge in [-0.15, -0.1) is 22.7 Å². The van der Waals surface area contributed by atoms with Crippen LogP contribution in [0, 0.1) is 0 Å². The van der Waals surface area contributed by atoms with Crippen LogP contribution in [0.3, 0.4) is 0 Å². The van der Waals surface area contributed by atoms with Crippen molar-refractivity contribution < 1.29 is 9.47 Å². The number of hydrogen-bond donors (Lipinski definition) is 0. The fraction of sp³-hybridized carbons (Fsp3) is 0.429. The molecule has 0 spiro atoms. The Morgan fingerprint density at radius 3 is 1.11 bits per heavy atom. The van der Waals surface area contributed by atoms with Gasteiger partial charge in [-0.2, -0.15) is 0 Å². The molecule has 0 aliphatic rings. The minimum absolute atomic E-state index is 0.799. The Hall–Kier alpha value is -4.32. The van der Waals surface area contributed by atoms with E-state index in [2.05, 4.69) is 135 Å². The quantitative estimate of drug-likeness (QED) is 0.0481. The second kappa shape index (κ2) is 23.8. The van der Waals surface area contributed by atoms with Gasteiger partial charge >= 0.3 is 0 Å². The Morgan fingerprint density at radius 1 is 0.361 bits per heavy atom. The molecule has 0 aliphatic heterocycles. The number of benzene rings is 4. The number of hydrogen-bond acceptors (Lipinski definition) is 4. The summed E-state index contributed by atoms with van der Waals surface area (Å²) in [6.07, 6.45) is 23.1. The minimum atomic E-state index is 0.799. The van der Waals surface area contributed by atoms with Crippen molar-refractivity contribution in [2.45, 2.75) is 143 Å². The average molecular weight is 852 g/mol. The largest absolute Gasteiger partial charge is 0.494 e. The Balaban J connectivity index is 1.06. The van der Waals surface area contributed by atoms with Gasteiger partial charge in [-0.25, -0.2) is 0 Å². The topological polar surface area (TPSA) is 23.4 Å². The van der Waals surface area contributed by atoms with Crippen molar-refractivity contribution in [2.24, 2.45) is 0 Å². The highest BCUT2D eigenvalue weighted by atomic mass is 32.1. The zero-order valence-electron chi connectivity index (χ0n) is 37.3. The average Bonchev–Trinajstić information content (AvgIpc) is 4.06. The predicted octanol–water partition coefficient (Wildman–Crippen LogP) is 18.4. The first-order valence-electron chi connectivity index (χ1n) is 23.9. The molecule has 7 aromatic rings. The summed E-state index contributed by atoms with van der Waals surface area (Å²) >= 11 is 3.76. The van der Waals surface area contributed by atoms with E-state index in [1.807, 2.05) is 22.7 Å². The van der Waals surface area contributed by atoms with Gasteiger partial charge in [-0.1, -0.05) is 141 Å². The fourth-order valence-electron chi connectivity index (χ4n) is 8.56. The van der Waals surface area contributed by atoms with Crippen LogP contribution in [0.1, 0.15) is 136 Å². The van der Waals surface area contributed by atoms with Crippen molar-refractivity contribution in [3.8, 4) is 53.3 Å². The van der Waals surface area contributed by atoms with Crippen LogP contribution in [-0.2, 0) is 6.54 Å². The third kappa shape index (κ3) is 12.4. The molecule has 0 saturated carbocycles. The molecule has 4 aromatic carbocycles. The van der Waals surface area contributed by atoms with Crippen LogP contribution < -0.4 is 9.47 Å². The highest BCUT2D eigenvalue weighted by Gasteiger charge is 2.16. The molecule has 322 valence electrons. The smallest absolute Gasteiger partial charge is 0.119 e. The van der Waals surface area contributed by atoms with Gasteiger partial charge in [-0.3, -0.25) is 0 Å². The van der Waals surface area contributed by atoms with E-state index < -0.39 is 0 Å². The summed E-state index contributed by atoms with van der Waals surface area (Å²) in [5, 5.41) is 2.69. The lowest BCUT2D eigenvalue weighted by Crippen LogP contribution is -1.98. The molecule has 0 aliphatic carbocycles. The van der Waals surface area contributed by atoms with Crippen molar-refractivity contribution in [1.82, 2.24) is 4.57 Å². The van der Waals surface area contributed by atoms with E-state index in [0.717, 1.165) is 44.1 Å². The van der Waals surface area contributed by atoms with E-state index in [-0.39, 0.29) is 0 Å². The molecular formula is C56H69NO2S2. The molecule has 0 amide bonds. The van der Waals surface area contributed by atoms with E-state index in [1.54, 1.807) is 0 Å². The highest BCUT2D eigenvalue weighted by Crippen LogP contribution is 2.41. The standard InChI is InChI=1S/C56H69NO2S2/c1-4-7-10-13-16-19-38-57-51-41-45(55-36-34-53(60-55)43-22-28-47(29-23-43)58-39-20-17-14-11-8-5-2)26-32-49(51)50-33-27-46(42-52(50)57)56-37-35-54(61-56)44-24-30-48(31-25-44)59-40-21-18-15-12-9-6-3/h22-37,41-42H,4-21,38-40H2,1-3H3.